The fourth-order valence-corrected chi connectivity index (χ4v) is 4.07. The van der Waals surface area contributed by atoms with Crippen molar-refractivity contribution in [3.63, 3.8) is 0 Å². The Morgan fingerprint density at radius 1 is 1.06 bits per heavy atom. The molecule has 0 aliphatic carbocycles. The van der Waals surface area contributed by atoms with Gasteiger partial charge in [-0.25, -0.2) is 9.97 Å². The van der Waals surface area contributed by atoms with E-state index in [0.717, 1.165) is 53.5 Å². The van der Waals surface area contributed by atoms with E-state index in [-0.39, 0.29) is 18.6 Å². The lowest BCUT2D eigenvalue weighted by Gasteiger charge is -2.33. The third-order valence-corrected chi connectivity index (χ3v) is 5.74. The summed E-state index contributed by atoms with van der Waals surface area (Å²) in [5.74, 6) is 2.34. The topological polar surface area (TPSA) is 76.6 Å². The Morgan fingerprint density at radius 3 is 2.84 bits per heavy atom. The van der Waals surface area contributed by atoms with E-state index in [9.17, 15) is 4.79 Å². The highest BCUT2D eigenvalue weighted by molar-refractivity contribution is 5.79. The van der Waals surface area contributed by atoms with Crippen LogP contribution in [-0.4, -0.2) is 35.8 Å². The highest BCUT2D eigenvalue weighted by atomic mass is 16.7. The molecule has 1 aromatic heterocycles. The van der Waals surface area contributed by atoms with Crippen molar-refractivity contribution < 1.29 is 14.3 Å². The summed E-state index contributed by atoms with van der Waals surface area (Å²) >= 11 is 0. The number of anilines is 1. The van der Waals surface area contributed by atoms with Crippen molar-refractivity contribution in [2.75, 3.05) is 24.8 Å². The van der Waals surface area contributed by atoms with Crippen molar-refractivity contribution in [1.82, 2.24) is 15.3 Å². The largest absolute Gasteiger partial charge is 0.454 e. The molecule has 1 saturated heterocycles. The third-order valence-electron chi connectivity index (χ3n) is 5.74. The van der Waals surface area contributed by atoms with E-state index in [0.29, 0.717) is 13.1 Å². The second kappa shape index (κ2) is 8.63. The van der Waals surface area contributed by atoms with Gasteiger partial charge in [-0.3, -0.25) is 4.79 Å². The van der Waals surface area contributed by atoms with Crippen LogP contribution in [0.1, 0.15) is 18.4 Å². The number of benzene rings is 2. The monoisotopic (exact) mass is 416 g/mol. The van der Waals surface area contributed by atoms with E-state index >= 15 is 0 Å². The number of carbonyl (C=O) groups is 1. The number of carbonyl (C=O) groups excluding carboxylic acids is 1. The minimum atomic E-state index is -0.0714. The number of hydrogen-bond donors (Lipinski definition) is 1. The maximum Gasteiger partial charge on any atom is 0.231 e. The molecule has 3 aromatic rings. The predicted octanol–water partition coefficient (Wildman–Crippen LogP) is 3.41. The zero-order valence-corrected chi connectivity index (χ0v) is 17.2. The fourth-order valence-electron chi connectivity index (χ4n) is 4.07. The Labute approximate surface area is 181 Å². The number of piperidine rings is 1. The molecule has 2 aliphatic rings. The summed E-state index contributed by atoms with van der Waals surface area (Å²) in [5.41, 5.74) is 2.94. The summed E-state index contributed by atoms with van der Waals surface area (Å²) in [6, 6.07) is 17.8. The summed E-state index contributed by atoms with van der Waals surface area (Å²) in [6.07, 6.45) is 3.42. The van der Waals surface area contributed by atoms with Crippen molar-refractivity contribution in [3.05, 3.63) is 66.5 Å². The molecular weight excluding hydrogens is 392 g/mol. The van der Waals surface area contributed by atoms with E-state index in [1.165, 1.54) is 0 Å². The number of amides is 1. The molecule has 0 saturated carbocycles. The van der Waals surface area contributed by atoms with Gasteiger partial charge < -0.3 is 19.7 Å². The molecule has 31 heavy (non-hydrogen) atoms. The average Bonchev–Trinajstić information content (AvgIpc) is 3.31. The van der Waals surface area contributed by atoms with Crippen molar-refractivity contribution in [3.8, 4) is 22.8 Å². The van der Waals surface area contributed by atoms with E-state index in [1.807, 2.05) is 54.6 Å². The average molecular weight is 416 g/mol. The predicted molar refractivity (Wildman–Crippen MR) is 117 cm³/mol. The Balaban J connectivity index is 1.22. The van der Waals surface area contributed by atoms with Crippen LogP contribution in [0.5, 0.6) is 11.5 Å². The van der Waals surface area contributed by atoms with E-state index in [2.05, 4.69) is 20.2 Å². The normalized spacial score (nSPS) is 17.4. The first-order valence-corrected chi connectivity index (χ1v) is 10.5. The number of fused-ring (bicyclic) bond motifs is 1. The molecule has 7 heteroatoms. The molecule has 1 unspecified atom stereocenters. The molecule has 0 spiro atoms. The second-order valence-corrected chi connectivity index (χ2v) is 7.82. The van der Waals surface area contributed by atoms with Crippen molar-refractivity contribution in [1.29, 1.82) is 0 Å². The van der Waals surface area contributed by atoms with Gasteiger partial charge in [0.2, 0.25) is 12.7 Å². The molecule has 2 aliphatic heterocycles. The number of ether oxygens (including phenoxy) is 2. The third kappa shape index (κ3) is 4.30. The smallest absolute Gasteiger partial charge is 0.231 e. The van der Waals surface area contributed by atoms with Gasteiger partial charge in [0.15, 0.2) is 11.5 Å². The van der Waals surface area contributed by atoms with Gasteiger partial charge in [0.05, 0.1) is 11.6 Å². The summed E-state index contributed by atoms with van der Waals surface area (Å²) < 4.78 is 10.8. The lowest BCUT2D eigenvalue weighted by molar-refractivity contribution is -0.125. The maximum absolute atomic E-state index is 12.8. The van der Waals surface area contributed by atoms with Gasteiger partial charge in [0.25, 0.3) is 0 Å². The highest BCUT2D eigenvalue weighted by Crippen LogP contribution is 2.32. The molecule has 1 atom stereocenters. The number of hydrogen-bond acceptors (Lipinski definition) is 6. The molecule has 1 N–H and O–H groups in total. The van der Waals surface area contributed by atoms with Crippen LogP contribution in [0.3, 0.4) is 0 Å². The first-order valence-electron chi connectivity index (χ1n) is 10.5. The Morgan fingerprint density at radius 2 is 1.94 bits per heavy atom. The van der Waals surface area contributed by atoms with Crippen LogP contribution in [0.15, 0.2) is 60.9 Å². The number of nitrogens with one attached hydrogen (secondary N) is 1. The first kappa shape index (κ1) is 19.4. The van der Waals surface area contributed by atoms with Gasteiger partial charge in [-0.1, -0.05) is 36.4 Å². The molecule has 158 valence electrons. The zero-order valence-electron chi connectivity index (χ0n) is 17.2. The van der Waals surface area contributed by atoms with Crippen LogP contribution in [0.2, 0.25) is 0 Å². The minimum Gasteiger partial charge on any atom is -0.454 e. The van der Waals surface area contributed by atoms with Gasteiger partial charge >= 0.3 is 0 Å². The number of rotatable bonds is 5. The highest BCUT2D eigenvalue weighted by Gasteiger charge is 2.27. The molecule has 0 bridgehead atoms. The first-order chi connectivity index (χ1) is 15.3. The van der Waals surface area contributed by atoms with Crippen LogP contribution >= 0.6 is 0 Å². The summed E-state index contributed by atoms with van der Waals surface area (Å²) in [4.78, 5) is 23.9. The zero-order chi connectivity index (χ0) is 21.0. The lowest BCUT2D eigenvalue weighted by atomic mass is 9.97. The van der Waals surface area contributed by atoms with Crippen LogP contribution in [-0.2, 0) is 11.3 Å². The molecule has 3 heterocycles. The molecular formula is C24H24N4O3. The van der Waals surface area contributed by atoms with E-state index < -0.39 is 0 Å². The second-order valence-electron chi connectivity index (χ2n) is 7.82. The molecule has 5 rings (SSSR count). The standard InChI is InChI=1S/C24H24N4O3/c29-24(25-13-17-8-9-21-22(11-17)31-16-30-21)19-7-4-10-28(14-19)23-12-20(26-15-27-23)18-5-2-1-3-6-18/h1-3,5-6,8-9,11-12,15,19H,4,7,10,13-14,16H2,(H,25,29). The quantitative estimate of drug-likeness (QED) is 0.687. The molecule has 2 aromatic carbocycles. The van der Waals surface area contributed by atoms with Crippen molar-refractivity contribution >= 4 is 11.7 Å². The molecule has 1 fully saturated rings. The Bertz CT molecular complexity index is 1070. The minimum absolute atomic E-state index is 0.0692. The fraction of sp³-hybridized carbons (Fsp3) is 0.292. The van der Waals surface area contributed by atoms with Crippen LogP contribution in [0.4, 0.5) is 5.82 Å². The molecule has 0 radical (unpaired) electrons. The van der Waals surface area contributed by atoms with E-state index in [1.54, 1.807) is 6.33 Å². The van der Waals surface area contributed by atoms with Gasteiger partial charge in [-0.15, -0.1) is 0 Å². The Kier molecular flexibility index (Phi) is 5.39. The van der Waals surface area contributed by atoms with E-state index in [4.69, 9.17) is 9.47 Å². The lowest BCUT2D eigenvalue weighted by Crippen LogP contribution is -2.43. The summed E-state index contributed by atoms with van der Waals surface area (Å²) in [7, 11) is 0. The van der Waals surface area contributed by atoms with Gasteiger partial charge in [-0.05, 0) is 30.5 Å². The Hall–Kier alpha value is -3.61. The van der Waals surface area contributed by atoms with Gasteiger partial charge in [-0.2, -0.15) is 0 Å². The maximum atomic E-state index is 12.8. The SMILES string of the molecule is O=C(NCc1ccc2c(c1)OCO2)C1CCCN(c2cc(-c3ccccc3)ncn2)C1. The van der Waals surface area contributed by atoms with Crippen molar-refractivity contribution in [2.45, 2.75) is 19.4 Å². The van der Waals surface area contributed by atoms with Gasteiger partial charge in [0.1, 0.15) is 12.1 Å². The summed E-state index contributed by atoms with van der Waals surface area (Å²) in [5, 5.41) is 3.07. The number of nitrogens with zero attached hydrogens (tertiary/aromatic N) is 3. The summed E-state index contributed by atoms with van der Waals surface area (Å²) in [6.45, 7) is 2.26. The molecule has 1 amide bonds. The van der Waals surface area contributed by atoms with Crippen LogP contribution in [0.25, 0.3) is 11.3 Å². The van der Waals surface area contributed by atoms with Gasteiger partial charge in [0, 0.05) is 31.3 Å². The van der Waals surface area contributed by atoms with Crippen LogP contribution in [0, 0.1) is 5.92 Å². The van der Waals surface area contributed by atoms with Crippen molar-refractivity contribution in [2.24, 2.45) is 5.92 Å². The molecule has 7 nitrogen and oxygen atoms in total. The van der Waals surface area contributed by atoms with Crippen LogP contribution < -0.4 is 19.7 Å². The number of aromatic nitrogens is 2.